The maximum absolute atomic E-state index is 13.9. The van der Waals surface area contributed by atoms with Gasteiger partial charge in [-0.15, -0.1) is 0 Å². The first-order chi connectivity index (χ1) is 9.47. The van der Waals surface area contributed by atoms with Gasteiger partial charge in [0.1, 0.15) is 11.6 Å². The molecule has 110 valence electrons. The number of carbonyl (C=O) groups is 1. The number of primary amides is 1. The Balaban J connectivity index is 1.96. The van der Waals surface area contributed by atoms with Crippen molar-refractivity contribution in [2.45, 2.75) is 25.8 Å². The fourth-order valence-electron chi connectivity index (χ4n) is 2.57. The fraction of sp³-hybridized carbons (Fsp3) is 0.500. The predicted octanol–water partition coefficient (Wildman–Crippen LogP) is 2.81. The molecule has 1 heterocycles. The Bertz CT molecular complexity index is 502. The van der Waals surface area contributed by atoms with E-state index in [0.29, 0.717) is 12.3 Å². The van der Waals surface area contributed by atoms with Crippen LogP contribution in [0.2, 0.25) is 0 Å². The summed E-state index contributed by atoms with van der Waals surface area (Å²) in [6.45, 7) is 1.70. The molecule has 1 aliphatic heterocycles. The molecule has 1 aliphatic rings. The molecule has 2 N–H and O–H groups in total. The van der Waals surface area contributed by atoms with Crippen LogP contribution in [-0.2, 0) is 11.3 Å². The third-order valence-corrected chi connectivity index (χ3v) is 4.33. The highest BCUT2D eigenvalue weighted by Crippen LogP contribution is 2.26. The summed E-state index contributed by atoms with van der Waals surface area (Å²) in [6, 6.07) is 2.63. The quantitative estimate of drug-likeness (QED) is 0.852. The number of halogens is 3. The van der Waals surface area contributed by atoms with Gasteiger partial charge in [-0.1, -0.05) is 0 Å². The van der Waals surface area contributed by atoms with E-state index in [1.807, 2.05) is 4.90 Å². The van der Waals surface area contributed by atoms with Crippen LogP contribution >= 0.6 is 15.9 Å². The van der Waals surface area contributed by atoms with Crippen LogP contribution in [0.25, 0.3) is 0 Å². The van der Waals surface area contributed by atoms with Crippen LogP contribution in [0, 0.1) is 17.6 Å². The Kier molecular flexibility index (Phi) is 5.10. The van der Waals surface area contributed by atoms with E-state index in [0.717, 1.165) is 25.9 Å². The van der Waals surface area contributed by atoms with Crippen LogP contribution in [0.5, 0.6) is 0 Å². The van der Waals surface area contributed by atoms with E-state index < -0.39 is 11.6 Å². The second-order valence-corrected chi connectivity index (χ2v) is 6.07. The van der Waals surface area contributed by atoms with Gasteiger partial charge in [0.05, 0.1) is 4.47 Å². The zero-order chi connectivity index (χ0) is 14.7. The monoisotopic (exact) mass is 346 g/mol. The third-order valence-electron chi connectivity index (χ3n) is 3.72. The van der Waals surface area contributed by atoms with Crippen molar-refractivity contribution in [2.75, 3.05) is 13.1 Å². The van der Waals surface area contributed by atoms with Crippen molar-refractivity contribution in [3.63, 3.8) is 0 Å². The normalized spacial score (nSPS) is 17.4. The van der Waals surface area contributed by atoms with Crippen molar-refractivity contribution in [2.24, 2.45) is 11.7 Å². The first-order valence-electron chi connectivity index (χ1n) is 6.60. The molecule has 0 unspecified atom stereocenters. The molecule has 1 saturated heterocycles. The number of rotatable bonds is 4. The minimum absolute atomic E-state index is 0.0905. The summed E-state index contributed by atoms with van der Waals surface area (Å²) in [7, 11) is 0. The lowest BCUT2D eigenvalue weighted by Crippen LogP contribution is -2.35. The summed E-state index contributed by atoms with van der Waals surface area (Å²) in [5, 5.41) is 0. The van der Waals surface area contributed by atoms with Crippen LogP contribution in [0.15, 0.2) is 16.6 Å². The van der Waals surface area contributed by atoms with Crippen molar-refractivity contribution in [3.05, 3.63) is 33.8 Å². The van der Waals surface area contributed by atoms with Gasteiger partial charge < -0.3 is 5.73 Å². The number of amides is 1. The first-order valence-corrected chi connectivity index (χ1v) is 7.39. The summed E-state index contributed by atoms with van der Waals surface area (Å²) >= 11 is 3.07. The Morgan fingerprint density at radius 1 is 1.35 bits per heavy atom. The minimum Gasteiger partial charge on any atom is -0.370 e. The maximum Gasteiger partial charge on any atom is 0.217 e. The molecular formula is C14H17BrF2N2O. The van der Waals surface area contributed by atoms with Crippen LogP contribution in [-0.4, -0.2) is 23.9 Å². The number of nitrogens with two attached hydrogens (primary N) is 1. The van der Waals surface area contributed by atoms with Crippen molar-refractivity contribution >= 4 is 21.8 Å². The number of carbonyl (C=O) groups excluding carboxylic acids is 1. The van der Waals surface area contributed by atoms with Gasteiger partial charge >= 0.3 is 0 Å². The lowest BCUT2D eigenvalue weighted by molar-refractivity contribution is -0.119. The Hall–Kier alpha value is -1.01. The predicted molar refractivity (Wildman–Crippen MR) is 75.9 cm³/mol. The molecule has 0 spiro atoms. The molecule has 1 aromatic rings. The molecule has 20 heavy (non-hydrogen) atoms. The first kappa shape index (κ1) is 15.4. The van der Waals surface area contributed by atoms with Crippen LogP contribution in [0.3, 0.4) is 0 Å². The summed E-state index contributed by atoms with van der Waals surface area (Å²) in [4.78, 5) is 12.9. The maximum atomic E-state index is 13.9. The van der Waals surface area contributed by atoms with Gasteiger partial charge in [-0.25, -0.2) is 8.78 Å². The highest BCUT2D eigenvalue weighted by molar-refractivity contribution is 9.10. The molecule has 0 aliphatic carbocycles. The average Bonchev–Trinajstić information content (AvgIpc) is 2.40. The molecule has 0 radical (unpaired) electrons. The number of piperidine rings is 1. The van der Waals surface area contributed by atoms with Crippen LogP contribution in [0.1, 0.15) is 24.8 Å². The van der Waals surface area contributed by atoms with E-state index in [9.17, 15) is 13.6 Å². The van der Waals surface area contributed by atoms with Gasteiger partial charge in [0.15, 0.2) is 0 Å². The molecule has 0 atom stereocenters. The van der Waals surface area contributed by atoms with Gasteiger partial charge in [0.25, 0.3) is 0 Å². The van der Waals surface area contributed by atoms with E-state index >= 15 is 0 Å². The Morgan fingerprint density at radius 2 is 2.00 bits per heavy atom. The molecular weight excluding hydrogens is 330 g/mol. The number of hydrogen-bond acceptors (Lipinski definition) is 2. The average molecular weight is 347 g/mol. The van der Waals surface area contributed by atoms with E-state index in [1.54, 1.807) is 0 Å². The van der Waals surface area contributed by atoms with E-state index in [4.69, 9.17) is 5.73 Å². The molecule has 0 saturated carbocycles. The van der Waals surface area contributed by atoms with E-state index in [1.165, 1.54) is 12.1 Å². The summed E-state index contributed by atoms with van der Waals surface area (Å²) in [5.74, 6) is -1.05. The van der Waals surface area contributed by atoms with Crippen LogP contribution < -0.4 is 5.73 Å². The van der Waals surface area contributed by atoms with Crippen molar-refractivity contribution in [1.29, 1.82) is 0 Å². The smallest absolute Gasteiger partial charge is 0.217 e. The van der Waals surface area contributed by atoms with Crippen molar-refractivity contribution < 1.29 is 13.6 Å². The van der Waals surface area contributed by atoms with Gasteiger partial charge in [0.2, 0.25) is 5.91 Å². The largest absolute Gasteiger partial charge is 0.370 e. The Morgan fingerprint density at radius 3 is 2.60 bits per heavy atom. The molecule has 1 fully saturated rings. The third kappa shape index (κ3) is 3.76. The van der Waals surface area contributed by atoms with E-state index in [2.05, 4.69) is 15.9 Å². The van der Waals surface area contributed by atoms with Crippen LogP contribution in [0.4, 0.5) is 8.78 Å². The summed E-state index contributed by atoms with van der Waals surface area (Å²) < 4.78 is 27.9. The zero-order valence-corrected chi connectivity index (χ0v) is 12.6. The van der Waals surface area contributed by atoms with Gasteiger partial charge in [-0.05, 0) is 59.9 Å². The minimum atomic E-state index is -0.538. The lowest BCUT2D eigenvalue weighted by Gasteiger charge is -2.31. The summed E-state index contributed by atoms with van der Waals surface area (Å²) in [6.07, 6.45) is 2.06. The second-order valence-electron chi connectivity index (χ2n) is 5.21. The number of likely N-dealkylation sites (tertiary alicyclic amines) is 1. The summed E-state index contributed by atoms with van der Waals surface area (Å²) in [5.41, 5.74) is 5.27. The lowest BCUT2D eigenvalue weighted by atomic mass is 9.93. The molecule has 3 nitrogen and oxygen atoms in total. The highest BCUT2D eigenvalue weighted by atomic mass is 79.9. The van der Waals surface area contributed by atoms with Gasteiger partial charge in [0, 0.05) is 18.5 Å². The molecule has 1 aromatic carbocycles. The fourth-order valence-corrected chi connectivity index (χ4v) is 2.94. The highest BCUT2D eigenvalue weighted by Gasteiger charge is 2.23. The number of nitrogens with zero attached hydrogens (tertiary/aromatic N) is 1. The van der Waals surface area contributed by atoms with Crippen molar-refractivity contribution in [3.8, 4) is 0 Å². The number of benzene rings is 1. The SMILES string of the molecule is NC(=O)CC1CCN(Cc2c(F)ccc(Br)c2F)CC1. The molecule has 0 aromatic heterocycles. The van der Waals surface area contributed by atoms with E-state index in [-0.39, 0.29) is 22.5 Å². The molecule has 0 bridgehead atoms. The topological polar surface area (TPSA) is 46.3 Å². The van der Waals surface area contributed by atoms with Gasteiger partial charge in [-0.2, -0.15) is 0 Å². The van der Waals surface area contributed by atoms with Gasteiger partial charge in [-0.3, -0.25) is 9.69 Å². The Labute approximate surface area is 125 Å². The zero-order valence-electron chi connectivity index (χ0n) is 11.0. The number of hydrogen-bond donors (Lipinski definition) is 1. The van der Waals surface area contributed by atoms with Crippen molar-refractivity contribution in [1.82, 2.24) is 4.90 Å². The second kappa shape index (κ2) is 6.63. The molecule has 2 rings (SSSR count). The molecule has 6 heteroatoms. The standard InChI is InChI=1S/C14H17BrF2N2O/c15-11-1-2-12(16)10(14(11)17)8-19-5-3-9(4-6-19)7-13(18)20/h1-2,9H,3-8H2,(H2,18,20). The molecule has 1 amide bonds.